The topological polar surface area (TPSA) is 215 Å². The number of ether oxygens (including phenoxy) is 2. The molecule has 396 valence electrons. The largest absolute Gasteiger partial charge is 0.445 e. The number of nitrogens with two attached hydrogens (primary N) is 1. The lowest BCUT2D eigenvalue weighted by atomic mass is 9.95. The fourth-order valence-electron chi connectivity index (χ4n) is 9.93. The van der Waals surface area contributed by atoms with Gasteiger partial charge in [0.15, 0.2) is 5.69 Å². The Balaban J connectivity index is 0.779. The summed E-state index contributed by atoms with van der Waals surface area (Å²) in [6, 6.07) is 21.9. The van der Waals surface area contributed by atoms with Crippen LogP contribution in [0.3, 0.4) is 0 Å². The van der Waals surface area contributed by atoms with E-state index in [9.17, 15) is 28.8 Å². The molecule has 0 radical (unpaired) electrons. The first-order valence-electron chi connectivity index (χ1n) is 25.7. The fourth-order valence-corrected chi connectivity index (χ4v) is 9.93. The number of hydrogen-bond donors (Lipinski definition) is 3. The number of carbonyl (C=O) groups is 6. The second-order valence-corrected chi connectivity index (χ2v) is 20.6. The van der Waals surface area contributed by atoms with Crippen LogP contribution in [0.15, 0.2) is 91.1 Å². The van der Waals surface area contributed by atoms with E-state index in [1.807, 2.05) is 36.4 Å². The number of piperazine rings is 2. The molecule has 4 N–H and O–H groups in total. The second kappa shape index (κ2) is 24.2. The van der Waals surface area contributed by atoms with Crippen molar-refractivity contribution in [2.24, 2.45) is 11.7 Å². The van der Waals surface area contributed by atoms with Crippen molar-refractivity contribution in [2.75, 3.05) is 96.9 Å². The van der Waals surface area contributed by atoms with Crippen LogP contribution in [0.4, 0.5) is 19.7 Å². The molecule has 5 heterocycles. The Kier molecular flexibility index (Phi) is 17.4. The number of pyridine rings is 1. The maximum atomic E-state index is 15.1. The Labute approximate surface area is 437 Å². The van der Waals surface area contributed by atoms with Crippen LogP contribution in [-0.4, -0.2) is 173 Å². The number of likely N-dealkylation sites (tertiary alicyclic amines) is 1. The normalized spacial score (nSPS) is 17.0. The van der Waals surface area contributed by atoms with Gasteiger partial charge in [0.2, 0.25) is 11.8 Å². The quantitative estimate of drug-likeness (QED) is 0.122. The van der Waals surface area contributed by atoms with E-state index < -0.39 is 35.4 Å². The van der Waals surface area contributed by atoms with Crippen molar-refractivity contribution in [1.82, 2.24) is 34.4 Å². The zero-order chi connectivity index (χ0) is 53.2. The smallest absolute Gasteiger partial charge is 0.412 e. The van der Waals surface area contributed by atoms with Gasteiger partial charge < -0.3 is 45.1 Å². The summed E-state index contributed by atoms with van der Waals surface area (Å²) in [7, 11) is 0. The first-order chi connectivity index (χ1) is 36.0. The number of carbonyl (C=O) groups excluding carboxylic acids is 6. The van der Waals surface area contributed by atoms with Crippen LogP contribution in [0.2, 0.25) is 0 Å². The molecule has 19 heteroatoms. The minimum Gasteiger partial charge on any atom is -0.445 e. The molecule has 0 atom stereocenters. The Hall–Kier alpha value is -7.51. The van der Waals surface area contributed by atoms with Gasteiger partial charge in [-0.2, -0.15) is 0 Å². The number of amides is 6. The maximum absolute atomic E-state index is 15.1. The number of halogens is 1. The molecule has 3 fully saturated rings. The minimum absolute atomic E-state index is 0.0152. The third-order valence-corrected chi connectivity index (χ3v) is 14.0. The molecule has 4 aromatic rings. The molecule has 8 rings (SSSR count). The van der Waals surface area contributed by atoms with Crippen LogP contribution in [0.1, 0.15) is 93.5 Å². The van der Waals surface area contributed by atoms with E-state index in [-0.39, 0.29) is 79.2 Å². The van der Waals surface area contributed by atoms with Gasteiger partial charge in [-0.05, 0) is 92.5 Å². The van der Waals surface area contributed by atoms with Gasteiger partial charge in [-0.3, -0.25) is 29.4 Å². The van der Waals surface area contributed by atoms with Crippen molar-refractivity contribution in [1.29, 1.82) is 5.41 Å². The number of primary amides is 1. The standard InChI is InChI=1S/C56H67FN10O8/c1-56(2,3)75-54(72)61-48-32-42(41-12-9-19-67(35-41)55(73)74-37-39-10-5-4-6-11-39)33-60-50(48)53(71)65-20-17-38(18-21-65)34-62-22-24-63(25-23-62)36-49(68)64-26-28-66(29-27-64)52(70)45-30-40(15-16-46(45)57)31-47(58)43-13-7-8-14-44(43)51(59)69/h4-8,10-16,30,32-33,38,58H,9,17-29,31,34-37H2,1-3H3,(H2,59,69)(H,61,72). The molecule has 0 spiro atoms. The van der Waals surface area contributed by atoms with Crippen molar-refractivity contribution in [3.8, 4) is 0 Å². The van der Waals surface area contributed by atoms with Crippen LogP contribution in [0, 0.1) is 17.1 Å². The summed E-state index contributed by atoms with van der Waals surface area (Å²) < 4.78 is 26.2. The van der Waals surface area contributed by atoms with Crippen LogP contribution >= 0.6 is 0 Å². The van der Waals surface area contributed by atoms with E-state index in [0.717, 1.165) is 56.7 Å². The van der Waals surface area contributed by atoms with Crippen molar-refractivity contribution in [2.45, 2.75) is 58.7 Å². The SMILES string of the molecule is CC(C)(C)OC(=O)Nc1cc(C2=CCCN(C(=O)OCc3ccccc3)C2)cnc1C(=O)N1CCC(CN2CCN(CC(=O)N3CCN(C(=O)c4cc(CC(=N)c5ccccc5C(N)=O)ccc4F)CC3)CC2)CC1. The first kappa shape index (κ1) is 53.8. The average molecular weight is 1030 g/mol. The van der Waals surface area contributed by atoms with Gasteiger partial charge in [0.25, 0.3) is 11.8 Å². The van der Waals surface area contributed by atoms with Gasteiger partial charge in [0.1, 0.15) is 18.0 Å². The Bertz CT molecular complexity index is 2800. The van der Waals surface area contributed by atoms with Crippen LogP contribution in [0.5, 0.6) is 0 Å². The van der Waals surface area contributed by atoms with Crippen LogP contribution < -0.4 is 11.1 Å². The van der Waals surface area contributed by atoms with Gasteiger partial charge in [0.05, 0.1) is 17.8 Å². The summed E-state index contributed by atoms with van der Waals surface area (Å²) in [5.74, 6) is -1.74. The molecule has 3 saturated heterocycles. The first-order valence-corrected chi connectivity index (χ1v) is 25.7. The molecular weight excluding hydrogens is 960 g/mol. The van der Waals surface area contributed by atoms with Gasteiger partial charge in [-0.25, -0.2) is 19.0 Å². The zero-order valence-corrected chi connectivity index (χ0v) is 43.0. The molecule has 1 aromatic heterocycles. The number of nitrogens with one attached hydrogen (secondary N) is 2. The third-order valence-electron chi connectivity index (χ3n) is 14.0. The number of anilines is 1. The number of rotatable bonds is 14. The molecule has 4 aliphatic rings. The zero-order valence-electron chi connectivity index (χ0n) is 43.0. The van der Waals surface area contributed by atoms with Crippen LogP contribution in [0.25, 0.3) is 5.57 Å². The second-order valence-electron chi connectivity index (χ2n) is 20.6. The van der Waals surface area contributed by atoms with Crippen LogP contribution in [-0.2, 0) is 27.3 Å². The lowest BCUT2D eigenvalue weighted by Gasteiger charge is -2.40. The molecule has 6 amide bonds. The highest BCUT2D eigenvalue weighted by Gasteiger charge is 2.32. The van der Waals surface area contributed by atoms with Gasteiger partial charge in [0, 0.05) is 115 Å². The van der Waals surface area contributed by atoms with Crippen molar-refractivity contribution >= 4 is 52.8 Å². The predicted molar refractivity (Wildman–Crippen MR) is 281 cm³/mol. The van der Waals surface area contributed by atoms with E-state index in [0.29, 0.717) is 61.8 Å². The highest BCUT2D eigenvalue weighted by Crippen LogP contribution is 2.29. The lowest BCUT2D eigenvalue weighted by Crippen LogP contribution is -2.55. The Morgan fingerprint density at radius 1 is 0.733 bits per heavy atom. The monoisotopic (exact) mass is 1030 g/mol. The van der Waals surface area contributed by atoms with E-state index in [4.69, 9.17) is 20.6 Å². The number of benzene rings is 3. The molecule has 4 aliphatic heterocycles. The maximum Gasteiger partial charge on any atom is 0.412 e. The number of aromatic nitrogens is 1. The molecule has 0 aliphatic carbocycles. The lowest BCUT2D eigenvalue weighted by molar-refractivity contribution is -0.134. The average Bonchev–Trinajstić information content (AvgIpc) is 3.41. The molecule has 0 unspecified atom stereocenters. The van der Waals surface area contributed by atoms with Gasteiger partial charge in [-0.15, -0.1) is 0 Å². The molecule has 0 saturated carbocycles. The molecular formula is C56H67FN10O8. The Morgan fingerprint density at radius 2 is 1.39 bits per heavy atom. The fraction of sp³-hybridized carbons (Fsp3) is 0.429. The summed E-state index contributed by atoms with van der Waals surface area (Å²) >= 11 is 0. The predicted octanol–water partition coefficient (Wildman–Crippen LogP) is 6.16. The molecule has 75 heavy (non-hydrogen) atoms. The summed E-state index contributed by atoms with van der Waals surface area (Å²) in [6.07, 6.45) is 4.76. The number of hydrogen-bond acceptors (Lipinski definition) is 12. The molecule has 3 aromatic carbocycles. The van der Waals surface area contributed by atoms with Gasteiger partial charge >= 0.3 is 12.2 Å². The Morgan fingerprint density at radius 3 is 2.08 bits per heavy atom. The molecule has 18 nitrogen and oxygen atoms in total. The van der Waals surface area contributed by atoms with Crippen molar-refractivity contribution in [3.05, 3.63) is 136 Å². The summed E-state index contributed by atoms with van der Waals surface area (Å²) in [5.41, 5.74) is 8.58. The highest BCUT2D eigenvalue weighted by atomic mass is 19.1. The van der Waals surface area contributed by atoms with Crippen molar-refractivity contribution < 1.29 is 42.6 Å². The van der Waals surface area contributed by atoms with Gasteiger partial charge in [-0.1, -0.05) is 60.7 Å². The summed E-state index contributed by atoms with van der Waals surface area (Å²) in [6.45, 7) is 12.6. The summed E-state index contributed by atoms with van der Waals surface area (Å²) in [4.78, 5) is 95.2. The van der Waals surface area contributed by atoms with E-state index in [1.165, 1.54) is 18.2 Å². The van der Waals surface area contributed by atoms with Crippen molar-refractivity contribution in [3.63, 3.8) is 0 Å². The number of nitrogens with zero attached hydrogens (tertiary/aromatic N) is 7. The van der Waals surface area contributed by atoms with E-state index in [2.05, 4.69) is 20.1 Å². The third kappa shape index (κ3) is 14.2. The minimum atomic E-state index is -0.777. The molecule has 0 bridgehead atoms. The number of piperidine rings is 1. The van der Waals surface area contributed by atoms with E-state index in [1.54, 1.807) is 76.9 Å². The summed E-state index contributed by atoms with van der Waals surface area (Å²) in [5, 5.41) is 11.4. The highest BCUT2D eigenvalue weighted by molar-refractivity contribution is 6.09. The van der Waals surface area contributed by atoms with E-state index >= 15 is 4.39 Å².